The van der Waals surface area contributed by atoms with Gasteiger partial charge >= 0.3 is 0 Å². The molecule has 1 aromatic rings. The van der Waals surface area contributed by atoms with E-state index >= 15 is 0 Å². The molecule has 0 spiro atoms. The quantitative estimate of drug-likeness (QED) is 0.697. The van der Waals surface area contributed by atoms with Crippen molar-refractivity contribution >= 4 is 5.76 Å². The van der Waals surface area contributed by atoms with Gasteiger partial charge in [-0.15, -0.1) is 0 Å². The van der Waals surface area contributed by atoms with E-state index in [0.29, 0.717) is 11.7 Å². The molecule has 0 aliphatic heterocycles. The topological polar surface area (TPSA) is 20.2 Å². The molecule has 1 rings (SSSR count). The van der Waals surface area contributed by atoms with E-state index in [2.05, 4.69) is 13.8 Å². The number of benzene rings is 1. The van der Waals surface area contributed by atoms with Crippen molar-refractivity contribution in [3.63, 3.8) is 0 Å². The summed E-state index contributed by atoms with van der Waals surface area (Å²) in [5.74, 6) is 0.815. The van der Waals surface area contributed by atoms with Gasteiger partial charge in [-0.3, -0.25) is 0 Å². The van der Waals surface area contributed by atoms with Gasteiger partial charge in [0.05, 0.1) is 0 Å². The molecule has 0 heterocycles. The molecule has 0 saturated heterocycles. The zero-order chi connectivity index (χ0) is 9.68. The van der Waals surface area contributed by atoms with Crippen LogP contribution in [0, 0.1) is 5.92 Å². The summed E-state index contributed by atoms with van der Waals surface area (Å²) < 4.78 is 0. The molecule has 0 bridgehead atoms. The molecule has 0 aromatic heterocycles. The summed E-state index contributed by atoms with van der Waals surface area (Å²) >= 11 is 0. The van der Waals surface area contributed by atoms with E-state index in [0.717, 1.165) is 12.0 Å². The van der Waals surface area contributed by atoms with Gasteiger partial charge in [0, 0.05) is 5.56 Å². The maximum atomic E-state index is 9.68. The average molecular weight is 176 g/mol. The molecule has 70 valence electrons. The van der Waals surface area contributed by atoms with Crippen LogP contribution >= 0.6 is 0 Å². The summed E-state index contributed by atoms with van der Waals surface area (Å²) in [5, 5.41) is 9.68. The lowest BCUT2D eigenvalue weighted by molar-refractivity contribution is 0.502. The highest BCUT2D eigenvalue weighted by Crippen LogP contribution is 2.14. The first-order valence-corrected chi connectivity index (χ1v) is 4.70. The van der Waals surface area contributed by atoms with Gasteiger partial charge in [0.1, 0.15) is 5.76 Å². The fourth-order valence-corrected chi connectivity index (χ4v) is 1.09. The molecule has 1 N–H and O–H groups in total. The Kier molecular flexibility index (Phi) is 3.56. The third-order valence-corrected chi connectivity index (χ3v) is 2.16. The molecule has 1 unspecified atom stereocenters. The third kappa shape index (κ3) is 2.94. The first-order valence-electron chi connectivity index (χ1n) is 4.70. The molecule has 1 nitrogen and oxygen atoms in total. The number of hydrogen-bond donors (Lipinski definition) is 1. The first kappa shape index (κ1) is 9.85. The van der Waals surface area contributed by atoms with E-state index in [9.17, 15) is 5.11 Å². The van der Waals surface area contributed by atoms with Gasteiger partial charge in [-0.2, -0.15) is 0 Å². The molecule has 0 aliphatic rings. The maximum Gasteiger partial charge on any atom is 0.119 e. The van der Waals surface area contributed by atoms with E-state index < -0.39 is 0 Å². The Bertz CT molecular complexity index is 274. The maximum absolute atomic E-state index is 9.68. The molecule has 0 saturated carbocycles. The van der Waals surface area contributed by atoms with Crippen LogP contribution in [0.25, 0.3) is 5.76 Å². The molecule has 0 aliphatic carbocycles. The molecule has 0 amide bonds. The highest BCUT2D eigenvalue weighted by Gasteiger charge is 1.99. The van der Waals surface area contributed by atoms with E-state index in [1.165, 1.54) is 0 Å². The second kappa shape index (κ2) is 4.70. The largest absolute Gasteiger partial charge is 0.508 e. The number of aliphatic hydroxyl groups is 1. The lowest BCUT2D eigenvalue weighted by Crippen LogP contribution is -1.89. The van der Waals surface area contributed by atoms with Crippen LogP contribution in [0.4, 0.5) is 0 Å². The van der Waals surface area contributed by atoms with Gasteiger partial charge in [0.2, 0.25) is 0 Å². The first-order chi connectivity index (χ1) is 6.24. The molecular weight excluding hydrogens is 160 g/mol. The Morgan fingerprint density at radius 3 is 2.54 bits per heavy atom. The lowest BCUT2D eigenvalue weighted by Gasteiger charge is -2.04. The van der Waals surface area contributed by atoms with Gasteiger partial charge in [-0.05, 0) is 18.4 Å². The Hall–Kier alpha value is -1.24. The van der Waals surface area contributed by atoms with Gasteiger partial charge in [-0.1, -0.05) is 44.2 Å². The van der Waals surface area contributed by atoms with Crippen molar-refractivity contribution in [3.05, 3.63) is 42.0 Å². The van der Waals surface area contributed by atoms with Crippen LogP contribution in [0.5, 0.6) is 0 Å². The minimum absolute atomic E-state index is 0.384. The highest BCUT2D eigenvalue weighted by atomic mass is 16.3. The summed E-state index contributed by atoms with van der Waals surface area (Å²) in [6.45, 7) is 4.21. The van der Waals surface area contributed by atoms with Crippen molar-refractivity contribution < 1.29 is 5.11 Å². The predicted octanol–water partition coefficient (Wildman–Crippen LogP) is 3.63. The fraction of sp³-hybridized carbons (Fsp3) is 0.333. The standard InChI is InChI=1S/C12H16O/c1-3-10(2)9-12(13)11-7-5-4-6-8-11/h4-10,13H,3H2,1-2H3. The van der Waals surface area contributed by atoms with Crippen LogP contribution in [-0.4, -0.2) is 5.11 Å². The summed E-state index contributed by atoms with van der Waals surface area (Å²) in [6, 6.07) is 9.62. The predicted molar refractivity (Wildman–Crippen MR) is 56.5 cm³/mol. The number of rotatable bonds is 3. The normalized spacial score (nSPS) is 14.2. The monoisotopic (exact) mass is 176 g/mol. The van der Waals surface area contributed by atoms with Crippen LogP contribution in [0.3, 0.4) is 0 Å². The lowest BCUT2D eigenvalue weighted by atomic mass is 10.1. The van der Waals surface area contributed by atoms with E-state index in [1.54, 1.807) is 0 Å². The zero-order valence-corrected chi connectivity index (χ0v) is 8.20. The summed E-state index contributed by atoms with van der Waals surface area (Å²) in [5.41, 5.74) is 0.891. The number of hydrogen-bond acceptors (Lipinski definition) is 1. The van der Waals surface area contributed by atoms with Gasteiger partial charge in [0.15, 0.2) is 0 Å². The van der Waals surface area contributed by atoms with Crippen molar-refractivity contribution in [3.8, 4) is 0 Å². The van der Waals surface area contributed by atoms with Crippen molar-refractivity contribution in [2.45, 2.75) is 20.3 Å². The molecule has 1 atom stereocenters. The Balaban J connectivity index is 2.79. The van der Waals surface area contributed by atoms with Crippen LogP contribution in [0.1, 0.15) is 25.8 Å². The molecule has 13 heavy (non-hydrogen) atoms. The second-order valence-corrected chi connectivity index (χ2v) is 3.30. The van der Waals surface area contributed by atoms with Gasteiger partial charge in [-0.25, -0.2) is 0 Å². The zero-order valence-electron chi connectivity index (χ0n) is 8.20. The van der Waals surface area contributed by atoms with E-state index in [4.69, 9.17) is 0 Å². The fourth-order valence-electron chi connectivity index (χ4n) is 1.09. The summed E-state index contributed by atoms with van der Waals surface area (Å²) in [6.07, 6.45) is 2.95. The van der Waals surface area contributed by atoms with Crippen molar-refractivity contribution in [2.24, 2.45) is 5.92 Å². The minimum Gasteiger partial charge on any atom is -0.508 e. The van der Waals surface area contributed by atoms with E-state index in [-0.39, 0.29) is 0 Å². The van der Waals surface area contributed by atoms with Gasteiger partial charge < -0.3 is 5.11 Å². The minimum atomic E-state index is 0.384. The third-order valence-electron chi connectivity index (χ3n) is 2.16. The summed E-state index contributed by atoms with van der Waals surface area (Å²) in [7, 11) is 0. The van der Waals surface area contributed by atoms with Crippen LogP contribution in [-0.2, 0) is 0 Å². The van der Waals surface area contributed by atoms with Gasteiger partial charge in [0.25, 0.3) is 0 Å². The Morgan fingerprint density at radius 2 is 2.00 bits per heavy atom. The van der Waals surface area contributed by atoms with Crippen LogP contribution in [0.2, 0.25) is 0 Å². The van der Waals surface area contributed by atoms with Crippen molar-refractivity contribution in [1.82, 2.24) is 0 Å². The molecule has 0 fully saturated rings. The Morgan fingerprint density at radius 1 is 1.38 bits per heavy atom. The number of allylic oxidation sites excluding steroid dienone is 1. The van der Waals surface area contributed by atoms with Crippen molar-refractivity contribution in [2.75, 3.05) is 0 Å². The molecule has 1 aromatic carbocycles. The molecule has 0 radical (unpaired) electrons. The van der Waals surface area contributed by atoms with E-state index in [1.807, 2.05) is 36.4 Å². The van der Waals surface area contributed by atoms with Crippen molar-refractivity contribution in [1.29, 1.82) is 0 Å². The second-order valence-electron chi connectivity index (χ2n) is 3.30. The molecule has 1 heteroatoms. The smallest absolute Gasteiger partial charge is 0.119 e. The summed E-state index contributed by atoms with van der Waals surface area (Å²) in [4.78, 5) is 0. The van der Waals surface area contributed by atoms with Crippen LogP contribution in [0.15, 0.2) is 36.4 Å². The molecular formula is C12H16O. The Labute approximate surface area is 79.7 Å². The highest BCUT2D eigenvalue weighted by molar-refractivity contribution is 5.58. The van der Waals surface area contributed by atoms with Crippen LogP contribution < -0.4 is 0 Å². The average Bonchev–Trinajstić information content (AvgIpc) is 2.19. The SMILES string of the molecule is CCC(C)C=C(O)c1ccccc1. The number of aliphatic hydroxyl groups excluding tert-OH is 1.